The zero-order chi connectivity index (χ0) is 19.5. The van der Waals surface area contributed by atoms with Crippen molar-refractivity contribution in [3.63, 3.8) is 0 Å². The Labute approximate surface area is 165 Å². The first kappa shape index (κ1) is 18.4. The fourth-order valence-corrected chi connectivity index (χ4v) is 3.57. The van der Waals surface area contributed by atoms with E-state index in [0.29, 0.717) is 37.0 Å². The number of carbonyl (C=O) groups excluding carboxylic acids is 1. The lowest BCUT2D eigenvalue weighted by Crippen LogP contribution is -2.36. The highest BCUT2D eigenvalue weighted by molar-refractivity contribution is 5.76. The molecule has 5 nitrogen and oxygen atoms in total. The van der Waals surface area contributed by atoms with Crippen molar-refractivity contribution in [2.45, 2.75) is 45.6 Å². The van der Waals surface area contributed by atoms with Gasteiger partial charge in [0.05, 0.1) is 0 Å². The van der Waals surface area contributed by atoms with Crippen molar-refractivity contribution < 1.29 is 9.32 Å². The van der Waals surface area contributed by atoms with E-state index in [1.165, 1.54) is 16.7 Å². The number of rotatable bonds is 5. The van der Waals surface area contributed by atoms with Gasteiger partial charge in [0.2, 0.25) is 17.6 Å². The monoisotopic (exact) mass is 375 g/mol. The first-order valence-electron chi connectivity index (χ1n) is 9.87. The molecular formula is C23H25N3O2. The van der Waals surface area contributed by atoms with E-state index < -0.39 is 0 Å². The van der Waals surface area contributed by atoms with Gasteiger partial charge in [-0.05, 0) is 29.0 Å². The van der Waals surface area contributed by atoms with Gasteiger partial charge >= 0.3 is 0 Å². The van der Waals surface area contributed by atoms with Crippen molar-refractivity contribution in [3.05, 3.63) is 71.1 Å². The summed E-state index contributed by atoms with van der Waals surface area (Å²) < 4.78 is 5.36. The molecule has 1 aliphatic heterocycles. The highest BCUT2D eigenvalue weighted by atomic mass is 16.5. The fraction of sp³-hybridized carbons (Fsp3) is 0.348. The maximum Gasteiger partial charge on any atom is 0.227 e. The van der Waals surface area contributed by atoms with E-state index in [9.17, 15) is 4.79 Å². The molecule has 144 valence electrons. The summed E-state index contributed by atoms with van der Waals surface area (Å²) in [6, 6.07) is 16.5. The molecule has 0 bridgehead atoms. The van der Waals surface area contributed by atoms with Crippen LogP contribution in [0.25, 0.3) is 11.4 Å². The third-order valence-electron chi connectivity index (χ3n) is 5.34. The van der Waals surface area contributed by atoms with Crippen LogP contribution < -0.4 is 0 Å². The molecule has 5 heteroatoms. The van der Waals surface area contributed by atoms with Gasteiger partial charge in [-0.15, -0.1) is 0 Å². The van der Waals surface area contributed by atoms with Crippen LogP contribution in [0.1, 0.15) is 48.8 Å². The van der Waals surface area contributed by atoms with Crippen molar-refractivity contribution in [2.24, 2.45) is 0 Å². The molecular weight excluding hydrogens is 350 g/mol. The van der Waals surface area contributed by atoms with Crippen molar-refractivity contribution in [1.29, 1.82) is 0 Å². The maximum atomic E-state index is 12.6. The summed E-state index contributed by atoms with van der Waals surface area (Å²) in [6.07, 6.45) is 1.77. The summed E-state index contributed by atoms with van der Waals surface area (Å²) in [4.78, 5) is 19.0. The molecule has 2 aromatic carbocycles. The van der Waals surface area contributed by atoms with Crippen molar-refractivity contribution in [2.75, 3.05) is 6.54 Å². The number of benzene rings is 2. The van der Waals surface area contributed by atoms with Crippen molar-refractivity contribution >= 4 is 5.91 Å². The average Bonchev–Trinajstić information content (AvgIpc) is 3.21. The molecule has 0 fully saturated rings. The molecule has 28 heavy (non-hydrogen) atoms. The quantitative estimate of drug-likeness (QED) is 0.664. The number of fused-ring (bicyclic) bond motifs is 1. The Bertz CT molecular complexity index is 960. The predicted octanol–water partition coefficient (Wildman–Crippen LogP) is 4.38. The molecule has 0 N–H and O–H groups in total. The smallest absolute Gasteiger partial charge is 0.227 e. The molecule has 0 atom stereocenters. The van der Waals surface area contributed by atoms with Gasteiger partial charge in [-0.1, -0.05) is 67.5 Å². The molecule has 0 saturated carbocycles. The van der Waals surface area contributed by atoms with Gasteiger partial charge in [-0.3, -0.25) is 4.79 Å². The van der Waals surface area contributed by atoms with Crippen LogP contribution in [0.15, 0.2) is 53.1 Å². The molecule has 3 aromatic rings. The molecule has 4 rings (SSSR count). The lowest BCUT2D eigenvalue weighted by molar-refractivity contribution is -0.132. The van der Waals surface area contributed by atoms with Crippen molar-refractivity contribution in [3.8, 4) is 11.4 Å². The van der Waals surface area contributed by atoms with E-state index in [2.05, 4.69) is 54.3 Å². The predicted molar refractivity (Wildman–Crippen MR) is 108 cm³/mol. The van der Waals surface area contributed by atoms with E-state index in [0.717, 1.165) is 18.5 Å². The molecule has 0 aliphatic carbocycles. The molecule has 0 unspecified atom stereocenters. The minimum Gasteiger partial charge on any atom is -0.339 e. The summed E-state index contributed by atoms with van der Waals surface area (Å²) in [5.41, 5.74) is 4.79. The standard InChI is InChI=1S/C23H25N3O2/c1-16(2)17-7-9-19(10-8-17)23-24-21(28-25-23)11-12-22(27)26-14-13-18-5-3-4-6-20(18)15-26/h3-10,16H,11-15H2,1-2H3. The van der Waals surface area contributed by atoms with Crippen LogP contribution in [0.5, 0.6) is 0 Å². The van der Waals surface area contributed by atoms with Crippen LogP contribution in [0.3, 0.4) is 0 Å². The minimum absolute atomic E-state index is 0.135. The van der Waals surface area contributed by atoms with Crippen LogP contribution in [0.4, 0.5) is 0 Å². The zero-order valence-electron chi connectivity index (χ0n) is 16.4. The Morgan fingerprint density at radius 1 is 1.11 bits per heavy atom. The number of amides is 1. The van der Waals surface area contributed by atoms with E-state index in [4.69, 9.17) is 4.52 Å². The first-order valence-corrected chi connectivity index (χ1v) is 9.87. The Hall–Kier alpha value is -2.95. The zero-order valence-corrected chi connectivity index (χ0v) is 16.4. The Morgan fingerprint density at radius 2 is 1.86 bits per heavy atom. The van der Waals surface area contributed by atoms with Gasteiger partial charge in [0.25, 0.3) is 0 Å². The van der Waals surface area contributed by atoms with E-state index in [1.807, 2.05) is 23.1 Å². The lowest BCUT2D eigenvalue weighted by Gasteiger charge is -2.28. The van der Waals surface area contributed by atoms with E-state index in [1.54, 1.807) is 0 Å². The topological polar surface area (TPSA) is 59.2 Å². The van der Waals surface area contributed by atoms with Crippen LogP contribution >= 0.6 is 0 Å². The second-order valence-electron chi connectivity index (χ2n) is 7.62. The second kappa shape index (κ2) is 7.97. The normalized spacial score (nSPS) is 13.6. The van der Waals surface area contributed by atoms with E-state index >= 15 is 0 Å². The van der Waals surface area contributed by atoms with Gasteiger partial charge in [-0.2, -0.15) is 4.98 Å². The van der Waals surface area contributed by atoms with E-state index in [-0.39, 0.29) is 5.91 Å². The van der Waals surface area contributed by atoms with Gasteiger partial charge in [0, 0.05) is 31.5 Å². The molecule has 1 aromatic heterocycles. The van der Waals surface area contributed by atoms with Crippen LogP contribution in [-0.2, 0) is 24.2 Å². The summed E-state index contributed by atoms with van der Waals surface area (Å²) in [7, 11) is 0. The number of aromatic nitrogens is 2. The van der Waals surface area contributed by atoms with Gasteiger partial charge in [-0.25, -0.2) is 0 Å². The Kier molecular flexibility index (Phi) is 5.24. The lowest BCUT2D eigenvalue weighted by atomic mass is 9.99. The number of aryl methyl sites for hydroxylation is 1. The summed E-state index contributed by atoms with van der Waals surface area (Å²) >= 11 is 0. The number of carbonyl (C=O) groups is 1. The summed E-state index contributed by atoms with van der Waals surface area (Å²) in [5, 5.41) is 4.07. The SMILES string of the molecule is CC(C)c1ccc(-c2noc(CCC(=O)N3CCc4ccccc4C3)n2)cc1. The molecule has 1 amide bonds. The highest BCUT2D eigenvalue weighted by Crippen LogP contribution is 2.22. The number of hydrogen-bond donors (Lipinski definition) is 0. The first-order chi connectivity index (χ1) is 13.6. The Morgan fingerprint density at radius 3 is 2.61 bits per heavy atom. The molecule has 1 aliphatic rings. The summed E-state index contributed by atoms with van der Waals surface area (Å²) in [6.45, 7) is 5.79. The largest absolute Gasteiger partial charge is 0.339 e. The summed E-state index contributed by atoms with van der Waals surface area (Å²) in [5.74, 6) is 1.71. The molecule has 0 radical (unpaired) electrons. The van der Waals surface area contributed by atoms with Crippen LogP contribution in [0, 0.1) is 0 Å². The molecule has 0 spiro atoms. The molecule has 2 heterocycles. The third-order valence-corrected chi connectivity index (χ3v) is 5.34. The highest BCUT2D eigenvalue weighted by Gasteiger charge is 2.21. The van der Waals surface area contributed by atoms with Crippen LogP contribution in [0.2, 0.25) is 0 Å². The number of hydrogen-bond acceptors (Lipinski definition) is 4. The fourth-order valence-electron chi connectivity index (χ4n) is 3.57. The Balaban J connectivity index is 1.35. The van der Waals surface area contributed by atoms with Gasteiger partial charge < -0.3 is 9.42 Å². The van der Waals surface area contributed by atoms with Gasteiger partial charge in [0.15, 0.2) is 0 Å². The number of nitrogens with zero attached hydrogens (tertiary/aromatic N) is 3. The second-order valence-corrected chi connectivity index (χ2v) is 7.62. The van der Waals surface area contributed by atoms with Crippen molar-refractivity contribution in [1.82, 2.24) is 15.0 Å². The van der Waals surface area contributed by atoms with Crippen LogP contribution in [-0.4, -0.2) is 27.5 Å². The minimum atomic E-state index is 0.135. The average molecular weight is 375 g/mol. The maximum absolute atomic E-state index is 12.6. The van der Waals surface area contributed by atoms with Gasteiger partial charge in [0.1, 0.15) is 0 Å². The third kappa shape index (κ3) is 3.98. The molecule has 0 saturated heterocycles.